The van der Waals surface area contributed by atoms with Crippen LogP contribution in [-0.4, -0.2) is 16.1 Å². The van der Waals surface area contributed by atoms with E-state index in [1.54, 1.807) is 20.8 Å². The summed E-state index contributed by atoms with van der Waals surface area (Å²) in [6.45, 7) is 13.3. The molecule has 1 heterocycles. The lowest BCUT2D eigenvalue weighted by Gasteiger charge is -2.11. The van der Waals surface area contributed by atoms with Crippen molar-refractivity contribution < 1.29 is 27.8 Å². The van der Waals surface area contributed by atoms with Crippen molar-refractivity contribution in [3.05, 3.63) is 75.3 Å². The van der Waals surface area contributed by atoms with Crippen molar-refractivity contribution in [1.29, 1.82) is 0 Å². The number of aryl methyl sites for hydroxylation is 3. The van der Waals surface area contributed by atoms with E-state index in [0.717, 1.165) is 39.6 Å². The average Bonchev–Trinajstić information content (AvgIpc) is 3.14. The SMILES string of the molecule is C/C=C\c1cc(OCc2sc(-c3ccc(C(F)(F)F)cc3)nc2C)c(C)cc1C.CC(C)(C)C(=O)O. The van der Waals surface area contributed by atoms with Gasteiger partial charge in [0.15, 0.2) is 0 Å². The Kier molecular flexibility index (Phi) is 9.49. The van der Waals surface area contributed by atoms with Crippen LogP contribution in [0.2, 0.25) is 0 Å². The maximum Gasteiger partial charge on any atom is 0.416 e. The summed E-state index contributed by atoms with van der Waals surface area (Å²) in [4.78, 5) is 15.5. The number of nitrogens with zero attached hydrogens (tertiary/aromatic N) is 1. The van der Waals surface area contributed by atoms with Gasteiger partial charge in [-0.3, -0.25) is 4.79 Å². The van der Waals surface area contributed by atoms with Gasteiger partial charge in [0.1, 0.15) is 17.4 Å². The van der Waals surface area contributed by atoms with E-state index in [4.69, 9.17) is 9.84 Å². The Bertz CT molecular complexity index is 1220. The summed E-state index contributed by atoms with van der Waals surface area (Å²) in [7, 11) is 0. The lowest BCUT2D eigenvalue weighted by molar-refractivity contribution is -0.145. The Morgan fingerprint density at radius 2 is 1.64 bits per heavy atom. The van der Waals surface area contributed by atoms with Gasteiger partial charge < -0.3 is 9.84 Å². The summed E-state index contributed by atoms with van der Waals surface area (Å²) in [5.41, 5.74) is 3.60. The van der Waals surface area contributed by atoms with Crippen molar-refractivity contribution in [3.8, 4) is 16.3 Å². The minimum atomic E-state index is -4.34. The monoisotopic (exact) mass is 519 g/mol. The number of thiazole rings is 1. The lowest BCUT2D eigenvalue weighted by atomic mass is 9.98. The molecular formula is C28H32F3NO3S. The van der Waals surface area contributed by atoms with E-state index in [2.05, 4.69) is 18.0 Å². The third kappa shape index (κ3) is 7.95. The zero-order valence-corrected chi connectivity index (χ0v) is 22.4. The third-order valence-electron chi connectivity index (χ3n) is 5.26. The van der Waals surface area contributed by atoms with E-state index >= 15 is 0 Å². The van der Waals surface area contributed by atoms with Crippen molar-refractivity contribution in [3.63, 3.8) is 0 Å². The number of hydrogen-bond acceptors (Lipinski definition) is 4. The molecule has 3 rings (SSSR count). The lowest BCUT2D eigenvalue weighted by Crippen LogP contribution is -2.18. The molecule has 2 aromatic carbocycles. The van der Waals surface area contributed by atoms with Crippen LogP contribution in [0, 0.1) is 26.2 Å². The van der Waals surface area contributed by atoms with Crippen LogP contribution in [0.5, 0.6) is 5.75 Å². The number of aliphatic carboxylic acids is 1. The number of hydrogen-bond donors (Lipinski definition) is 1. The number of allylic oxidation sites excluding steroid dienone is 1. The first kappa shape index (κ1) is 29.1. The molecule has 0 amide bonds. The van der Waals surface area contributed by atoms with Gasteiger partial charge in [0.25, 0.3) is 0 Å². The molecule has 36 heavy (non-hydrogen) atoms. The Labute approximate surface area is 214 Å². The van der Waals surface area contributed by atoms with Crippen molar-refractivity contribution in [2.45, 2.75) is 61.2 Å². The maximum absolute atomic E-state index is 12.8. The predicted molar refractivity (Wildman–Crippen MR) is 139 cm³/mol. The number of rotatable bonds is 5. The molecule has 1 aromatic heterocycles. The van der Waals surface area contributed by atoms with Gasteiger partial charge in [-0.05, 0) is 83.4 Å². The van der Waals surface area contributed by atoms with Crippen LogP contribution in [-0.2, 0) is 17.6 Å². The van der Waals surface area contributed by atoms with Gasteiger partial charge in [0.2, 0.25) is 0 Å². The summed E-state index contributed by atoms with van der Waals surface area (Å²) in [5, 5.41) is 8.94. The first-order valence-electron chi connectivity index (χ1n) is 11.4. The number of halogens is 3. The van der Waals surface area contributed by atoms with Crippen LogP contribution in [0.4, 0.5) is 13.2 Å². The number of carboxylic acids is 1. The van der Waals surface area contributed by atoms with E-state index in [0.29, 0.717) is 17.2 Å². The van der Waals surface area contributed by atoms with Crippen LogP contribution in [0.3, 0.4) is 0 Å². The summed E-state index contributed by atoms with van der Waals surface area (Å²) in [6, 6.07) is 9.20. The highest BCUT2D eigenvalue weighted by Crippen LogP contribution is 2.33. The van der Waals surface area contributed by atoms with Gasteiger partial charge in [-0.25, -0.2) is 4.98 Å². The highest BCUT2D eigenvalue weighted by molar-refractivity contribution is 7.15. The minimum absolute atomic E-state index is 0.364. The zero-order valence-electron chi connectivity index (χ0n) is 21.6. The van der Waals surface area contributed by atoms with E-state index in [-0.39, 0.29) is 0 Å². The molecule has 0 saturated carbocycles. The van der Waals surface area contributed by atoms with Crippen LogP contribution < -0.4 is 4.74 Å². The molecule has 0 atom stereocenters. The van der Waals surface area contributed by atoms with Crippen LogP contribution in [0.1, 0.15) is 60.5 Å². The number of alkyl halides is 3. The molecule has 0 radical (unpaired) electrons. The molecular weight excluding hydrogens is 487 g/mol. The number of benzene rings is 2. The van der Waals surface area contributed by atoms with E-state index in [9.17, 15) is 18.0 Å². The molecule has 0 fully saturated rings. The standard InChI is InChI=1S/C23H22F3NOS.C5H10O2/c1-5-6-18-12-20(15(3)11-14(18)2)28-13-21-16(4)27-22(29-21)17-7-9-19(10-8-17)23(24,25)26;1-5(2,3)4(6)7/h5-12H,13H2,1-4H3;1-3H3,(H,6,7)/b6-5-;. The second-order valence-corrected chi connectivity index (χ2v) is 10.5. The molecule has 0 aliphatic rings. The van der Waals surface area contributed by atoms with E-state index in [1.165, 1.54) is 29.0 Å². The molecule has 0 unspecified atom stereocenters. The van der Waals surface area contributed by atoms with Crippen molar-refractivity contribution >= 4 is 23.4 Å². The summed E-state index contributed by atoms with van der Waals surface area (Å²) in [6.07, 6.45) is -0.304. The van der Waals surface area contributed by atoms with Crippen molar-refractivity contribution in [2.24, 2.45) is 5.41 Å². The number of carbonyl (C=O) groups is 1. The van der Waals surface area contributed by atoms with E-state index < -0.39 is 23.1 Å². The molecule has 8 heteroatoms. The fourth-order valence-electron chi connectivity index (χ4n) is 2.99. The van der Waals surface area contributed by atoms with Gasteiger partial charge in [-0.15, -0.1) is 11.3 Å². The fourth-order valence-corrected chi connectivity index (χ4v) is 3.97. The van der Waals surface area contributed by atoms with Gasteiger partial charge >= 0.3 is 12.1 Å². The normalized spacial score (nSPS) is 11.8. The Hall–Kier alpha value is -3.13. The smallest absolute Gasteiger partial charge is 0.416 e. The largest absolute Gasteiger partial charge is 0.488 e. The molecule has 3 aromatic rings. The summed E-state index contributed by atoms with van der Waals surface area (Å²) >= 11 is 1.44. The molecule has 0 spiro atoms. The van der Waals surface area contributed by atoms with Crippen LogP contribution >= 0.6 is 11.3 Å². The molecule has 0 aliphatic heterocycles. The molecule has 0 bridgehead atoms. The summed E-state index contributed by atoms with van der Waals surface area (Å²) in [5.74, 6) is 0.0556. The molecule has 1 N–H and O–H groups in total. The molecule has 0 saturated heterocycles. The Morgan fingerprint density at radius 1 is 1.06 bits per heavy atom. The highest BCUT2D eigenvalue weighted by Gasteiger charge is 2.30. The molecule has 4 nitrogen and oxygen atoms in total. The minimum Gasteiger partial charge on any atom is -0.488 e. The van der Waals surface area contributed by atoms with Gasteiger partial charge in [-0.2, -0.15) is 13.2 Å². The number of carboxylic acid groups (broad SMARTS) is 1. The van der Waals surface area contributed by atoms with Crippen molar-refractivity contribution in [1.82, 2.24) is 4.98 Å². The Balaban J connectivity index is 0.000000572. The third-order valence-corrected chi connectivity index (χ3v) is 6.44. The van der Waals surface area contributed by atoms with Crippen LogP contribution in [0.15, 0.2) is 42.5 Å². The van der Waals surface area contributed by atoms with Crippen LogP contribution in [0.25, 0.3) is 16.6 Å². The number of aromatic nitrogens is 1. The quantitative estimate of drug-likeness (QED) is 0.367. The van der Waals surface area contributed by atoms with E-state index in [1.807, 2.05) is 39.0 Å². The van der Waals surface area contributed by atoms with Crippen molar-refractivity contribution in [2.75, 3.05) is 0 Å². The first-order chi connectivity index (χ1) is 16.6. The van der Waals surface area contributed by atoms with Gasteiger partial charge in [0.05, 0.1) is 21.5 Å². The zero-order chi connectivity index (χ0) is 27.3. The fraction of sp³-hybridized carbons (Fsp3) is 0.357. The first-order valence-corrected chi connectivity index (χ1v) is 12.2. The highest BCUT2D eigenvalue weighted by atomic mass is 32.1. The topological polar surface area (TPSA) is 59.4 Å². The second kappa shape index (κ2) is 11.7. The molecule has 194 valence electrons. The summed E-state index contributed by atoms with van der Waals surface area (Å²) < 4.78 is 44.3. The van der Waals surface area contributed by atoms with Gasteiger partial charge in [0, 0.05) is 5.56 Å². The predicted octanol–water partition coefficient (Wildman–Crippen LogP) is 8.48. The maximum atomic E-state index is 12.8. The average molecular weight is 520 g/mol. The molecule has 0 aliphatic carbocycles. The van der Waals surface area contributed by atoms with Gasteiger partial charge in [-0.1, -0.05) is 30.4 Å². The second-order valence-electron chi connectivity index (χ2n) is 9.42. The number of ether oxygens (including phenoxy) is 1. The Morgan fingerprint density at radius 3 is 2.14 bits per heavy atom.